The van der Waals surface area contributed by atoms with E-state index in [0.717, 1.165) is 5.39 Å². The molecule has 3 rings (SSSR count). The fourth-order valence-electron chi connectivity index (χ4n) is 2.64. The second-order valence-corrected chi connectivity index (χ2v) is 6.84. The molecular formula is C18H17ClN6O3S. The smallest absolute Gasteiger partial charge is 0.272 e. The summed E-state index contributed by atoms with van der Waals surface area (Å²) in [6, 6.07) is 11.3. The number of thiocarbonyl (C=S) groups is 1. The Kier molecular flexibility index (Phi) is 6.57. The van der Waals surface area contributed by atoms with Gasteiger partial charge in [0, 0.05) is 30.6 Å². The van der Waals surface area contributed by atoms with Gasteiger partial charge in [0.2, 0.25) is 0 Å². The van der Waals surface area contributed by atoms with E-state index in [9.17, 15) is 14.9 Å². The molecule has 0 radical (unpaired) electrons. The first-order valence-corrected chi connectivity index (χ1v) is 9.44. The lowest BCUT2D eigenvalue weighted by Crippen LogP contribution is -2.30. The van der Waals surface area contributed by atoms with Crippen LogP contribution in [0.15, 0.2) is 47.3 Å². The number of nitrogens with one attached hydrogen (secondary N) is 4. The van der Waals surface area contributed by atoms with Crippen molar-refractivity contribution in [1.29, 1.82) is 0 Å². The molecule has 0 fully saturated rings. The summed E-state index contributed by atoms with van der Waals surface area (Å²) < 4.78 is 0. The van der Waals surface area contributed by atoms with Crippen molar-refractivity contribution < 1.29 is 4.92 Å². The van der Waals surface area contributed by atoms with Crippen LogP contribution in [0.3, 0.4) is 0 Å². The van der Waals surface area contributed by atoms with Crippen molar-refractivity contribution in [2.24, 2.45) is 0 Å². The van der Waals surface area contributed by atoms with Crippen LogP contribution in [0.1, 0.15) is 6.42 Å². The third-order valence-corrected chi connectivity index (χ3v) is 4.61. The van der Waals surface area contributed by atoms with E-state index in [1.807, 2.05) is 12.1 Å². The molecular weight excluding hydrogens is 416 g/mol. The standard InChI is InChI=1S/C18H17ClN6O3S/c19-14-7-6-11(25(27)28)10-15(14)22-18(29)21-9-3-8-20-16-12-4-1-2-5-13(12)17(26)24-23-16/h1-2,4-7,10H,3,8-9H2,(H,20,23)(H,24,26)(H2,21,22,29). The summed E-state index contributed by atoms with van der Waals surface area (Å²) in [6.07, 6.45) is 0.708. The van der Waals surface area contributed by atoms with Gasteiger partial charge in [0.1, 0.15) is 0 Å². The van der Waals surface area contributed by atoms with Crippen molar-refractivity contribution in [3.05, 3.63) is 68.0 Å². The minimum atomic E-state index is -0.502. The first-order valence-electron chi connectivity index (χ1n) is 8.66. The molecule has 4 N–H and O–H groups in total. The highest BCUT2D eigenvalue weighted by atomic mass is 35.5. The minimum absolute atomic E-state index is 0.0791. The highest BCUT2D eigenvalue weighted by Gasteiger charge is 2.10. The molecule has 0 amide bonds. The van der Waals surface area contributed by atoms with Crippen molar-refractivity contribution in [2.45, 2.75) is 6.42 Å². The summed E-state index contributed by atoms with van der Waals surface area (Å²) in [5, 5.41) is 28.4. The number of nitro benzene ring substituents is 1. The predicted molar refractivity (Wildman–Crippen MR) is 118 cm³/mol. The molecule has 0 saturated carbocycles. The molecule has 0 bridgehead atoms. The fourth-order valence-corrected chi connectivity index (χ4v) is 3.01. The lowest BCUT2D eigenvalue weighted by molar-refractivity contribution is -0.384. The zero-order valence-electron chi connectivity index (χ0n) is 15.1. The molecule has 3 aromatic rings. The number of anilines is 2. The normalized spacial score (nSPS) is 10.5. The van der Waals surface area contributed by atoms with Crippen molar-refractivity contribution >= 4 is 56.9 Å². The van der Waals surface area contributed by atoms with Crippen LogP contribution < -0.4 is 21.5 Å². The maximum absolute atomic E-state index is 11.8. The van der Waals surface area contributed by atoms with Crippen molar-refractivity contribution in [1.82, 2.24) is 15.5 Å². The number of halogens is 1. The van der Waals surface area contributed by atoms with Gasteiger partial charge in [-0.25, -0.2) is 5.10 Å². The van der Waals surface area contributed by atoms with Gasteiger partial charge in [0.15, 0.2) is 10.9 Å². The number of benzene rings is 2. The van der Waals surface area contributed by atoms with E-state index in [4.69, 9.17) is 23.8 Å². The van der Waals surface area contributed by atoms with Gasteiger partial charge in [0.25, 0.3) is 11.2 Å². The molecule has 0 aliphatic rings. The van der Waals surface area contributed by atoms with Gasteiger partial charge in [-0.15, -0.1) is 0 Å². The van der Waals surface area contributed by atoms with E-state index in [0.29, 0.717) is 46.5 Å². The zero-order chi connectivity index (χ0) is 20.8. The number of nitrogens with zero attached hydrogens (tertiary/aromatic N) is 2. The number of rotatable bonds is 7. The maximum Gasteiger partial charge on any atom is 0.272 e. The van der Waals surface area contributed by atoms with Gasteiger partial charge >= 0.3 is 0 Å². The second kappa shape index (κ2) is 9.30. The van der Waals surface area contributed by atoms with Gasteiger partial charge in [-0.05, 0) is 30.8 Å². The van der Waals surface area contributed by atoms with Gasteiger partial charge in [0.05, 0.1) is 21.0 Å². The molecule has 0 saturated heterocycles. The molecule has 2 aromatic carbocycles. The van der Waals surface area contributed by atoms with Crippen molar-refractivity contribution in [3.8, 4) is 0 Å². The number of aromatic nitrogens is 2. The topological polar surface area (TPSA) is 125 Å². The number of fused-ring (bicyclic) bond motifs is 1. The number of hydrogen-bond acceptors (Lipinski definition) is 6. The Morgan fingerprint density at radius 2 is 1.97 bits per heavy atom. The van der Waals surface area contributed by atoms with Crippen LogP contribution in [0.5, 0.6) is 0 Å². The predicted octanol–water partition coefficient (Wildman–Crippen LogP) is 3.27. The van der Waals surface area contributed by atoms with E-state index in [2.05, 4.69) is 26.1 Å². The molecule has 1 heterocycles. The zero-order valence-corrected chi connectivity index (χ0v) is 16.6. The second-order valence-electron chi connectivity index (χ2n) is 6.03. The van der Waals surface area contributed by atoms with Gasteiger partial charge in [-0.2, -0.15) is 5.10 Å². The molecule has 0 aliphatic heterocycles. The number of non-ortho nitro benzene ring substituents is 1. The molecule has 150 valence electrons. The third kappa shape index (κ3) is 5.18. The first-order chi connectivity index (χ1) is 14.0. The Bertz CT molecular complexity index is 1120. The van der Waals surface area contributed by atoms with Gasteiger partial charge < -0.3 is 16.0 Å². The molecule has 1 aromatic heterocycles. The summed E-state index contributed by atoms with van der Waals surface area (Å²) in [5.41, 5.74) is 0.0500. The van der Waals surface area contributed by atoms with Crippen LogP contribution in [0.25, 0.3) is 10.8 Å². The molecule has 0 atom stereocenters. The van der Waals surface area contributed by atoms with Crippen molar-refractivity contribution in [3.63, 3.8) is 0 Å². The maximum atomic E-state index is 11.8. The van der Waals surface area contributed by atoms with Crippen LogP contribution in [0, 0.1) is 10.1 Å². The van der Waals surface area contributed by atoms with E-state index >= 15 is 0 Å². The van der Waals surface area contributed by atoms with Gasteiger partial charge in [-0.1, -0.05) is 29.8 Å². The van der Waals surface area contributed by atoms with Crippen LogP contribution >= 0.6 is 23.8 Å². The lowest BCUT2D eigenvalue weighted by atomic mass is 10.2. The summed E-state index contributed by atoms with van der Waals surface area (Å²) in [5.74, 6) is 0.601. The summed E-state index contributed by atoms with van der Waals surface area (Å²) in [7, 11) is 0. The minimum Gasteiger partial charge on any atom is -0.368 e. The molecule has 29 heavy (non-hydrogen) atoms. The van der Waals surface area contributed by atoms with Crippen LogP contribution in [0.4, 0.5) is 17.2 Å². The highest BCUT2D eigenvalue weighted by Crippen LogP contribution is 2.26. The Hall–Kier alpha value is -3.24. The SMILES string of the molecule is O=c1[nH]nc(NCCCNC(=S)Nc2cc([N+](=O)[O-])ccc2Cl)c2ccccc12. The quantitative estimate of drug-likeness (QED) is 0.194. The monoisotopic (exact) mass is 432 g/mol. The Balaban J connectivity index is 1.49. The molecule has 0 aliphatic carbocycles. The highest BCUT2D eigenvalue weighted by molar-refractivity contribution is 7.80. The van der Waals surface area contributed by atoms with Crippen molar-refractivity contribution in [2.75, 3.05) is 23.7 Å². The summed E-state index contributed by atoms with van der Waals surface area (Å²) in [4.78, 5) is 22.2. The molecule has 0 spiro atoms. The van der Waals surface area contributed by atoms with Crippen LogP contribution in [-0.2, 0) is 0 Å². The molecule has 0 unspecified atom stereocenters. The number of H-pyrrole nitrogens is 1. The fraction of sp³-hybridized carbons (Fsp3) is 0.167. The summed E-state index contributed by atoms with van der Waals surface area (Å²) in [6.45, 7) is 1.14. The van der Waals surface area contributed by atoms with E-state index in [1.54, 1.807) is 12.1 Å². The molecule has 11 heteroatoms. The van der Waals surface area contributed by atoms with Crippen LogP contribution in [0.2, 0.25) is 5.02 Å². The summed E-state index contributed by atoms with van der Waals surface area (Å²) >= 11 is 11.2. The Morgan fingerprint density at radius 3 is 2.72 bits per heavy atom. The third-order valence-electron chi connectivity index (χ3n) is 4.04. The van der Waals surface area contributed by atoms with Gasteiger partial charge in [-0.3, -0.25) is 14.9 Å². The number of hydrogen-bond donors (Lipinski definition) is 4. The first kappa shape index (κ1) is 20.5. The van der Waals surface area contributed by atoms with Crippen LogP contribution in [-0.4, -0.2) is 33.3 Å². The van der Waals surface area contributed by atoms with E-state index < -0.39 is 4.92 Å². The lowest BCUT2D eigenvalue weighted by Gasteiger charge is -2.12. The Labute approximate surface area is 175 Å². The number of nitro groups is 1. The average Bonchev–Trinajstić information content (AvgIpc) is 2.71. The average molecular weight is 433 g/mol. The molecule has 9 nitrogen and oxygen atoms in total. The van der Waals surface area contributed by atoms with E-state index in [-0.39, 0.29) is 11.2 Å². The number of aromatic amines is 1. The largest absolute Gasteiger partial charge is 0.368 e. The van der Waals surface area contributed by atoms with E-state index in [1.165, 1.54) is 18.2 Å². The Morgan fingerprint density at radius 1 is 1.21 bits per heavy atom.